The standard InChI is InChI=1S/C17H19F3N2O4/c1-9(2)21-14(23)10-3-5-11(6-4-10)15(24)22-7-12(16(25)26)13(8-22)17(18,19)20/h3-6,9,12-13H,7-8H2,1-2H3,(H,21,23)(H,25,26)/t12-,13-/m1/s1. The van der Waals surface area contributed by atoms with E-state index in [0.717, 1.165) is 4.90 Å². The summed E-state index contributed by atoms with van der Waals surface area (Å²) >= 11 is 0. The minimum atomic E-state index is -4.70. The Balaban J connectivity index is 2.14. The fourth-order valence-corrected chi connectivity index (χ4v) is 2.84. The number of amides is 2. The van der Waals surface area contributed by atoms with Gasteiger partial charge < -0.3 is 15.3 Å². The van der Waals surface area contributed by atoms with Gasteiger partial charge in [-0.2, -0.15) is 13.2 Å². The number of carbonyl (C=O) groups excluding carboxylic acids is 2. The largest absolute Gasteiger partial charge is 0.481 e. The van der Waals surface area contributed by atoms with Crippen LogP contribution >= 0.6 is 0 Å². The van der Waals surface area contributed by atoms with Gasteiger partial charge in [-0.3, -0.25) is 14.4 Å². The molecule has 1 aromatic carbocycles. The van der Waals surface area contributed by atoms with Crippen LogP contribution in [0.25, 0.3) is 0 Å². The first-order valence-corrected chi connectivity index (χ1v) is 8.00. The number of rotatable bonds is 4. The number of carboxylic acids is 1. The number of nitrogens with zero attached hydrogens (tertiary/aromatic N) is 1. The quantitative estimate of drug-likeness (QED) is 0.848. The highest BCUT2D eigenvalue weighted by Crippen LogP contribution is 2.38. The van der Waals surface area contributed by atoms with E-state index in [1.165, 1.54) is 24.3 Å². The molecule has 0 radical (unpaired) electrons. The van der Waals surface area contributed by atoms with Crippen molar-refractivity contribution in [1.82, 2.24) is 10.2 Å². The minimum Gasteiger partial charge on any atom is -0.481 e. The molecule has 1 aliphatic heterocycles. The highest BCUT2D eigenvalue weighted by Gasteiger charge is 2.53. The minimum absolute atomic E-state index is 0.0688. The number of hydrogen-bond donors (Lipinski definition) is 2. The summed E-state index contributed by atoms with van der Waals surface area (Å²) in [5, 5.41) is 11.7. The molecule has 1 fully saturated rings. The van der Waals surface area contributed by atoms with E-state index in [1.54, 1.807) is 13.8 Å². The number of halogens is 3. The van der Waals surface area contributed by atoms with E-state index in [9.17, 15) is 27.6 Å². The van der Waals surface area contributed by atoms with E-state index in [1.807, 2.05) is 0 Å². The molecular formula is C17H19F3N2O4. The molecule has 0 unspecified atom stereocenters. The molecule has 0 aliphatic carbocycles. The maximum Gasteiger partial charge on any atom is 0.394 e. The lowest BCUT2D eigenvalue weighted by Gasteiger charge is -2.18. The molecule has 0 aromatic heterocycles. The summed E-state index contributed by atoms with van der Waals surface area (Å²) in [4.78, 5) is 36.3. The van der Waals surface area contributed by atoms with Crippen LogP contribution in [0.5, 0.6) is 0 Å². The monoisotopic (exact) mass is 372 g/mol. The van der Waals surface area contributed by atoms with E-state index < -0.39 is 43.0 Å². The number of likely N-dealkylation sites (tertiary alicyclic amines) is 1. The molecule has 2 rings (SSSR count). The number of aliphatic carboxylic acids is 1. The third-order valence-electron chi connectivity index (χ3n) is 4.16. The SMILES string of the molecule is CC(C)NC(=O)c1ccc(C(=O)N2C[C@@H](C(F)(F)F)[C@H](C(=O)O)C2)cc1. The topological polar surface area (TPSA) is 86.7 Å². The van der Waals surface area contributed by atoms with Crippen molar-refractivity contribution in [3.8, 4) is 0 Å². The van der Waals surface area contributed by atoms with Crippen LogP contribution in [0.4, 0.5) is 13.2 Å². The van der Waals surface area contributed by atoms with E-state index in [2.05, 4.69) is 5.32 Å². The second-order valence-electron chi connectivity index (χ2n) is 6.51. The molecule has 2 amide bonds. The predicted molar refractivity (Wildman–Crippen MR) is 85.6 cm³/mol. The lowest BCUT2D eigenvalue weighted by molar-refractivity contribution is -0.187. The van der Waals surface area contributed by atoms with Crippen molar-refractivity contribution in [2.24, 2.45) is 11.8 Å². The molecule has 9 heteroatoms. The zero-order valence-corrected chi connectivity index (χ0v) is 14.2. The van der Waals surface area contributed by atoms with Crippen molar-refractivity contribution in [2.75, 3.05) is 13.1 Å². The first-order chi connectivity index (χ1) is 12.0. The number of benzene rings is 1. The molecule has 2 atom stereocenters. The Bertz CT molecular complexity index is 701. The number of nitrogens with one attached hydrogen (secondary N) is 1. The third-order valence-corrected chi connectivity index (χ3v) is 4.16. The number of carbonyl (C=O) groups is 3. The fourth-order valence-electron chi connectivity index (χ4n) is 2.84. The Morgan fingerprint density at radius 1 is 1.12 bits per heavy atom. The molecular weight excluding hydrogens is 353 g/mol. The van der Waals surface area contributed by atoms with E-state index in [0.29, 0.717) is 5.56 Å². The van der Waals surface area contributed by atoms with Crippen molar-refractivity contribution in [3.63, 3.8) is 0 Å². The van der Waals surface area contributed by atoms with Gasteiger partial charge in [-0.15, -0.1) is 0 Å². The molecule has 6 nitrogen and oxygen atoms in total. The zero-order valence-electron chi connectivity index (χ0n) is 14.2. The molecule has 1 aromatic rings. The molecule has 0 bridgehead atoms. The first-order valence-electron chi connectivity index (χ1n) is 8.00. The molecule has 1 saturated heterocycles. The van der Waals surface area contributed by atoms with Gasteiger partial charge in [-0.25, -0.2) is 0 Å². The maximum atomic E-state index is 13.0. The Kier molecular flexibility index (Phi) is 5.58. The lowest BCUT2D eigenvalue weighted by atomic mass is 9.96. The van der Waals surface area contributed by atoms with Gasteiger partial charge in [-0.05, 0) is 38.1 Å². The Labute approximate surface area is 148 Å². The van der Waals surface area contributed by atoms with Gasteiger partial charge in [-0.1, -0.05) is 0 Å². The summed E-state index contributed by atoms with van der Waals surface area (Å²) in [6.07, 6.45) is -4.70. The van der Waals surface area contributed by atoms with Gasteiger partial charge in [0.25, 0.3) is 11.8 Å². The van der Waals surface area contributed by atoms with Gasteiger partial charge in [0.2, 0.25) is 0 Å². The van der Waals surface area contributed by atoms with E-state index >= 15 is 0 Å². The Morgan fingerprint density at radius 2 is 1.65 bits per heavy atom. The molecule has 26 heavy (non-hydrogen) atoms. The van der Waals surface area contributed by atoms with Crippen molar-refractivity contribution in [3.05, 3.63) is 35.4 Å². The maximum absolute atomic E-state index is 13.0. The van der Waals surface area contributed by atoms with Crippen molar-refractivity contribution in [1.29, 1.82) is 0 Å². The zero-order chi connectivity index (χ0) is 19.6. The summed E-state index contributed by atoms with van der Waals surface area (Å²) in [6, 6.07) is 5.41. The summed E-state index contributed by atoms with van der Waals surface area (Å²) in [5.41, 5.74) is 0.409. The Morgan fingerprint density at radius 3 is 2.08 bits per heavy atom. The van der Waals surface area contributed by atoms with Gasteiger partial charge in [0.15, 0.2) is 0 Å². The van der Waals surface area contributed by atoms with Gasteiger partial charge in [0.05, 0.1) is 11.8 Å². The molecule has 2 N–H and O–H groups in total. The average molecular weight is 372 g/mol. The summed E-state index contributed by atoms with van der Waals surface area (Å²) < 4.78 is 39.0. The van der Waals surface area contributed by atoms with Crippen LogP contribution in [0.2, 0.25) is 0 Å². The molecule has 1 heterocycles. The average Bonchev–Trinajstić information content (AvgIpc) is 2.99. The van der Waals surface area contributed by atoms with Crippen LogP contribution in [0.3, 0.4) is 0 Å². The van der Waals surface area contributed by atoms with Crippen molar-refractivity contribution < 1.29 is 32.7 Å². The highest BCUT2D eigenvalue weighted by atomic mass is 19.4. The summed E-state index contributed by atoms with van der Waals surface area (Å²) in [7, 11) is 0. The van der Waals surface area contributed by atoms with Crippen LogP contribution in [-0.4, -0.2) is 53.1 Å². The Hall–Kier alpha value is -2.58. The van der Waals surface area contributed by atoms with Crippen LogP contribution < -0.4 is 5.32 Å². The van der Waals surface area contributed by atoms with Gasteiger partial charge in [0, 0.05) is 30.3 Å². The molecule has 1 aliphatic rings. The first kappa shape index (κ1) is 19.7. The van der Waals surface area contributed by atoms with E-state index in [4.69, 9.17) is 5.11 Å². The highest BCUT2D eigenvalue weighted by molar-refractivity contribution is 5.98. The summed E-state index contributed by atoms with van der Waals surface area (Å²) in [5.74, 6) is -6.39. The van der Waals surface area contributed by atoms with E-state index in [-0.39, 0.29) is 17.5 Å². The lowest BCUT2D eigenvalue weighted by Crippen LogP contribution is -2.34. The number of alkyl halides is 3. The number of carboxylic acid groups (broad SMARTS) is 1. The van der Waals surface area contributed by atoms with Crippen LogP contribution in [0, 0.1) is 11.8 Å². The second-order valence-corrected chi connectivity index (χ2v) is 6.51. The van der Waals surface area contributed by atoms with Crippen LogP contribution in [0.15, 0.2) is 24.3 Å². The van der Waals surface area contributed by atoms with Gasteiger partial charge >= 0.3 is 12.1 Å². The second kappa shape index (κ2) is 7.35. The molecule has 0 spiro atoms. The van der Waals surface area contributed by atoms with Crippen molar-refractivity contribution in [2.45, 2.75) is 26.1 Å². The van der Waals surface area contributed by atoms with Gasteiger partial charge in [0.1, 0.15) is 0 Å². The van der Waals surface area contributed by atoms with Crippen LogP contribution in [-0.2, 0) is 4.79 Å². The molecule has 0 saturated carbocycles. The fraction of sp³-hybridized carbons (Fsp3) is 0.471. The third kappa shape index (κ3) is 4.33. The van der Waals surface area contributed by atoms with Crippen molar-refractivity contribution >= 4 is 17.8 Å². The van der Waals surface area contributed by atoms with Crippen LogP contribution in [0.1, 0.15) is 34.6 Å². The normalized spacial score (nSPS) is 20.3. The molecule has 142 valence electrons. The summed E-state index contributed by atoms with van der Waals surface area (Å²) in [6.45, 7) is 2.38. The number of hydrogen-bond acceptors (Lipinski definition) is 3. The predicted octanol–water partition coefficient (Wildman–Crippen LogP) is 2.16. The smallest absolute Gasteiger partial charge is 0.394 e.